The quantitative estimate of drug-likeness (QED) is 0.854. The molecule has 0 unspecified atom stereocenters. The van der Waals surface area contributed by atoms with E-state index in [0.29, 0.717) is 11.4 Å². The van der Waals surface area contributed by atoms with E-state index in [9.17, 15) is 18.3 Å². The summed E-state index contributed by atoms with van der Waals surface area (Å²) in [6.07, 6.45) is 3.09. The van der Waals surface area contributed by atoms with Gasteiger partial charge in [0.15, 0.2) is 0 Å². The Bertz CT molecular complexity index is 887. The molecule has 0 saturated heterocycles. The molecule has 122 valence electrons. The second kappa shape index (κ2) is 5.63. The average molecular weight is 356 g/mol. The number of aromatic carboxylic acids is 1. The van der Waals surface area contributed by atoms with E-state index in [1.165, 1.54) is 36.1 Å². The molecular weight excluding hydrogens is 342 g/mol. The Kier molecular flexibility index (Phi) is 3.91. The highest BCUT2D eigenvalue weighted by molar-refractivity contribution is 7.89. The lowest BCUT2D eigenvalue weighted by Crippen LogP contribution is -2.18. The van der Waals surface area contributed by atoms with Gasteiger partial charge in [-0.25, -0.2) is 22.6 Å². The minimum atomic E-state index is -3.60. The van der Waals surface area contributed by atoms with Crippen LogP contribution in [0.15, 0.2) is 29.3 Å². The van der Waals surface area contributed by atoms with Crippen LogP contribution in [-0.4, -0.2) is 36.3 Å². The fourth-order valence-corrected chi connectivity index (χ4v) is 3.49. The molecular formula is C14H14ClN3O4S. The molecule has 23 heavy (non-hydrogen) atoms. The van der Waals surface area contributed by atoms with Crippen molar-refractivity contribution >= 4 is 27.6 Å². The van der Waals surface area contributed by atoms with E-state index in [2.05, 4.69) is 9.82 Å². The van der Waals surface area contributed by atoms with Crippen molar-refractivity contribution in [3.63, 3.8) is 0 Å². The lowest BCUT2D eigenvalue weighted by Gasteiger charge is -2.11. The first kappa shape index (κ1) is 16.0. The third-order valence-electron chi connectivity index (χ3n) is 3.73. The molecule has 0 aliphatic heterocycles. The smallest absolute Gasteiger partial charge is 0.339 e. The minimum absolute atomic E-state index is 0.0346. The molecule has 1 aliphatic rings. The molecule has 1 aromatic carbocycles. The molecule has 3 rings (SSSR count). The van der Waals surface area contributed by atoms with E-state index in [0.717, 1.165) is 12.8 Å². The van der Waals surface area contributed by atoms with Gasteiger partial charge in [0.25, 0.3) is 0 Å². The Balaban J connectivity index is 2.12. The Morgan fingerprint density at radius 2 is 2.13 bits per heavy atom. The summed E-state index contributed by atoms with van der Waals surface area (Å²) in [6.45, 7) is 0. The number of nitrogens with one attached hydrogen (secondary N) is 1. The van der Waals surface area contributed by atoms with Gasteiger partial charge in [0.2, 0.25) is 10.0 Å². The number of aromatic nitrogens is 2. The molecule has 2 N–H and O–H groups in total. The molecule has 7 nitrogen and oxygen atoms in total. The molecule has 0 bridgehead atoms. The maximum Gasteiger partial charge on any atom is 0.339 e. The number of rotatable bonds is 5. The van der Waals surface area contributed by atoms with E-state index in [1.54, 1.807) is 0 Å². The number of hydrogen-bond donors (Lipinski definition) is 2. The fourth-order valence-electron chi connectivity index (χ4n) is 2.41. The van der Waals surface area contributed by atoms with E-state index in [1.807, 2.05) is 0 Å². The van der Waals surface area contributed by atoms with Gasteiger partial charge in [-0.1, -0.05) is 11.6 Å². The van der Waals surface area contributed by atoms with Crippen LogP contribution in [-0.2, 0) is 10.0 Å². The highest BCUT2D eigenvalue weighted by atomic mass is 35.5. The second-order valence-corrected chi connectivity index (χ2v) is 7.55. The zero-order chi connectivity index (χ0) is 16.8. The van der Waals surface area contributed by atoms with Crippen molar-refractivity contribution in [2.24, 2.45) is 0 Å². The SMILES string of the molecule is CNS(=O)(=O)c1ccc(-n2ncc(C(=O)O)c2C2CC2)c(Cl)c1. The van der Waals surface area contributed by atoms with Crippen LogP contribution in [0.1, 0.15) is 34.8 Å². The minimum Gasteiger partial charge on any atom is -0.478 e. The van der Waals surface area contributed by atoms with Gasteiger partial charge in [-0.3, -0.25) is 0 Å². The van der Waals surface area contributed by atoms with Gasteiger partial charge >= 0.3 is 5.97 Å². The summed E-state index contributed by atoms with van der Waals surface area (Å²) in [5, 5.41) is 13.6. The van der Waals surface area contributed by atoms with Crippen LogP contribution < -0.4 is 4.72 Å². The van der Waals surface area contributed by atoms with Crippen molar-refractivity contribution in [1.82, 2.24) is 14.5 Å². The molecule has 0 amide bonds. The molecule has 2 aromatic rings. The predicted octanol–water partition coefficient (Wildman–Crippen LogP) is 2.01. The second-order valence-electron chi connectivity index (χ2n) is 5.26. The lowest BCUT2D eigenvalue weighted by atomic mass is 10.1. The van der Waals surface area contributed by atoms with Gasteiger partial charge in [0.1, 0.15) is 5.56 Å². The summed E-state index contributed by atoms with van der Waals surface area (Å²) >= 11 is 6.21. The van der Waals surface area contributed by atoms with Gasteiger partial charge < -0.3 is 5.11 Å². The number of carboxylic acid groups (broad SMARTS) is 1. The van der Waals surface area contributed by atoms with E-state index >= 15 is 0 Å². The van der Waals surface area contributed by atoms with Crippen LogP contribution in [0.5, 0.6) is 0 Å². The van der Waals surface area contributed by atoms with E-state index in [4.69, 9.17) is 11.6 Å². The summed E-state index contributed by atoms with van der Waals surface area (Å²) in [5.74, 6) is -0.899. The van der Waals surface area contributed by atoms with Crippen molar-refractivity contribution in [2.75, 3.05) is 7.05 Å². The number of sulfonamides is 1. The zero-order valence-electron chi connectivity index (χ0n) is 12.2. The normalized spacial score (nSPS) is 14.9. The molecule has 1 aromatic heterocycles. The van der Waals surface area contributed by atoms with Gasteiger partial charge in [-0.15, -0.1) is 0 Å². The Morgan fingerprint density at radius 3 is 2.65 bits per heavy atom. The molecule has 1 heterocycles. The number of benzene rings is 1. The fraction of sp³-hybridized carbons (Fsp3) is 0.286. The van der Waals surface area contributed by atoms with Crippen molar-refractivity contribution in [2.45, 2.75) is 23.7 Å². The number of nitrogens with zero attached hydrogens (tertiary/aromatic N) is 2. The predicted molar refractivity (Wildman–Crippen MR) is 83.8 cm³/mol. The standard InChI is InChI=1S/C14H14ClN3O4S/c1-16-23(21,22)9-4-5-12(11(15)6-9)18-13(8-2-3-8)10(7-17-18)14(19)20/h4-8,16H,2-3H2,1H3,(H,19,20). The Hall–Kier alpha value is -1.90. The molecule has 1 aliphatic carbocycles. The van der Waals surface area contributed by atoms with Crippen molar-refractivity contribution in [3.8, 4) is 5.69 Å². The monoisotopic (exact) mass is 355 g/mol. The first-order valence-corrected chi connectivity index (χ1v) is 8.76. The third-order valence-corrected chi connectivity index (χ3v) is 5.44. The number of halogens is 1. The van der Waals surface area contributed by atoms with Crippen molar-refractivity contribution in [3.05, 3.63) is 40.7 Å². The van der Waals surface area contributed by atoms with Crippen LogP contribution in [0.3, 0.4) is 0 Å². The maximum absolute atomic E-state index is 11.8. The van der Waals surface area contributed by atoms with Crippen LogP contribution in [0.25, 0.3) is 5.69 Å². The number of carbonyl (C=O) groups is 1. The average Bonchev–Trinajstić information content (AvgIpc) is 3.25. The van der Waals surface area contributed by atoms with Crippen LogP contribution in [0, 0.1) is 0 Å². The Morgan fingerprint density at radius 1 is 1.43 bits per heavy atom. The topological polar surface area (TPSA) is 101 Å². The van der Waals surface area contributed by atoms with Crippen LogP contribution >= 0.6 is 11.6 Å². The molecule has 0 radical (unpaired) electrons. The number of hydrogen-bond acceptors (Lipinski definition) is 4. The summed E-state index contributed by atoms with van der Waals surface area (Å²) in [5.41, 5.74) is 1.20. The largest absolute Gasteiger partial charge is 0.478 e. The lowest BCUT2D eigenvalue weighted by molar-refractivity contribution is 0.0695. The van der Waals surface area contributed by atoms with Gasteiger partial charge in [0, 0.05) is 5.92 Å². The molecule has 1 fully saturated rings. The third kappa shape index (κ3) is 2.85. The number of carboxylic acids is 1. The summed E-state index contributed by atoms with van der Waals surface area (Å²) in [4.78, 5) is 11.4. The molecule has 0 atom stereocenters. The molecule has 0 spiro atoms. The molecule has 9 heteroatoms. The zero-order valence-corrected chi connectivity index (χ0v) is 13.7. The Labute approximate surface area is 137 Å². The maximum atomic E-state index is 11.8. The van der Waals surface area contributed by atoms with Gasteiger partial charge in [-0.05, 0) is 38.1 Å². The first-order valence-electron chi connectivity index (χ1n) is 6.90. The highest BCUT2D eigenvalue weighted by Gasteiger charge is 2.33. The van der Waals surface area contributed by atoms with Crippen LogP contribution in [0.4, 0.5) is 0 Å². The summed E-state index contributed by atoms with van der Waals surface area (Å²) in [6, 6.07) is 4.25. The summed E-state index contributed by atoms with van der Waals surface area (Å²) < 4.78 is 27.3. The van der Waals surface area contributed by atoms with Gasteiger partial charge in [0.05, 0.1) is 27.5 Å². The van der Waals surface area contributed by atoms with E-state index in [-0.39, 0.29) is 21.4 Å². The summed E-state index contributed by atoms with van der Waals surface area (Å²) in [7, 11) is -2.29. The highest BCUT2D eigenvalue weighted by Crippen LogP contribution is 2.43. The first-order chi connectivity index (χ1) is 10.8. The van der Waals surface area contributed by atoms with E-state index < -0.39 is 16.0 Å². The van der Waals surface area contributed by atoms with Crippen LogP contribution in [0.2, 0.25) is 5.02 Å². The molecule has 1 saturated carbocycles. The van der Waals surface area contributed by atoms with Crippen molar-refractivity contribution < 1.29 is 18.3 Å². The van der Waals surface area contributed by atoms with Gasteiger partial charge in [-0.2, -0.15) is 5.10 Å². The van der Waals surface area contributed by atoms with Crippen molar-refractivity contribution in [1.29, 1.82) is 0 Å².